The van der Waals surface area contributed by atoms with Crippen molar-refractivity contribution in [2.75, 3.05) is 18.0 Å². The maximum Gasteiger partial charge on any atom is 0.232 e. The first-order valence-electron chi connectivity index (χ1n) is 8.06. The van der Waals surface area contributed by atoms with E-state index in [1.807, 2.05) is 0 Å². The van der Waals surface area contributed by atoms with Crippen molar-refractivity contribution in [1.29, 1.82) is 0 Å². The Morgan fingerprint density at radius 2 is 2.12 bits per heavy atom. The topological polar surface area (TPSA) is 53.8 Å². The Hall–Kier alpha value is -2.70. The van der Waals surface area contributed by atoms with Gasteiger partial charge in [-0.15, -0.1) is 0 Å². The normalized spacial score (nSPS) is 17.2. The highest BCUT2D eigenvalue weighted by Gasteiger charge is 2.37. The van der Waals surface area contributed by atoms with Crippen LogP contribution in [0.4, 0.5) is 14.5 Å². The van der Waals surface area contributed by atoms with Gasteiger partial charge in [-0.2, -0.15) is 0 Å². The summed E-state index contributed by atoms with van der Waals surface area (Å²) in [5.74, 6) is -2.25. The van der Waals surface area contributed by atoms with E-state index in [-0.39, 0.29) is 30.5 Å². The number of benzene rings is 1. The van der Waals surface area contributed by atoms with Gasteiger partial charge in [0.15, 0.2) is 11.6 Å². The van der Waals surface area contributed by atoms with Gasteiger partial charge in [0.2, 0.25) is 11.8 Å². The summed E-state index contributed by atoms with van der Waals surface area (Å²) >= 11 is 0. The minimum atomic E-state index is -1.01. The Morgan fingerprint density at radius 3 is 2.76 bits per heavy atom. The summed E-state index contributed by atoms with van der Waals surface area (Å²) in [6.45, 7) is 2.63. The molecule has 0 radical (unpaired) electrons. The average Bonchev–Trinajstić information content (AvgIpc) is 3.22. The molecular formula is C18H18F2N2O3. The average molecular weight is 348 g/mol. The van der Waals surface area contributed by atoms with Gasteiger partial charge in [0, 0.05) is 31.3 Å². The van der Waals surface area contributed by atoms with Crippen molar-refractivity contribution in [2.24, 2.45) is 5.92 Å². The van der Waals surface area contributed by atoms with Crippen molar-refractivity contribution in [3.63, 3.8) is 0 Å². The molecule has 0 spiro atoms. The Morgan fingerprint density at radius 1 is 1.32 bits per heavy atom. The summed E-state index contributed by atoms with van der Waals surface area (Å²) in [7, 11) is 0. The van der Waals surface area contributed by atoms with E-state index in [1.54, 1.807) is 24.0 Å². The highest BCUT2D eigenvalue weighted by Crippen LogP contribution is 2.26. The zero-order valence-electron chi connectivity index (χ0n) is 13.7. The molecule has 0 saturated carbocycles. The predicted octanol–water partition coefficient (Wildman–Crippen LogP) is 2.96. The van der Waals surface area contributed by atoms with Gasteiger partial charge in [-0.1, -0.05) is 0 Å². The molecule has 132 valence electrons. The lowest BCUT2D eigenvalue weighted by Gasteiger charge is -2.24. The van der Waals surface area contributed by atoms with E-state index in [0.717, 1.165) is 12.1 Å². The SMILES string of the molecule is CCN(C(=O)C1CC(=O)N(Cc2ccco2)C1)c1ccc(F)c(F)c1. The Kier molecular flexibility index (Phi) is 4.83. The van der Waals surface area contributed by atoms with Gasteiger partial charge in [-0.25, -0.2) is 8.78 Å². The van der Waals surface area contributed by atoms with Gasteiger partial charge in [-0.3, -0.25) is 9.59 Å². The molecule has 1 fully saturated rings. The largest absolute Gasteiger partial charge is 0.467 e. The number of halogens is 2. The van der Waals surface area contributed by atoms with E-state index in [9.17, 15) is 18.4 Å². The molecule has 2 amide bonds. The fourth-order valence-corrected chi connectivity index (χ4v) is 3.02. The van der Waals surface area contributed by atoms with E-state index >= 15 is 0 Å². The third kappa shape index (κ3) is 3.55. The summed E-state index contributed by atoms with van der Waals surface area (Å²) in [5.41, 5.74) is 0.281. The van der Waals surface area contributed by atoms with E-state index in [1.165, 1.54) is 17.2 Å². The molecule has 2 heterocycles. The summed E-state index contributed by atoms with van der Waals surface area (Å²) < 4.78 is 31.8. The van der Waals surface area contributed by atoms with Crippen LogP contribution in [-0.4, -0.2) is 29.8 Å². The quantitative estimate of drug-likeness (QED) is 0.835. The first kappa shape index (κ1) is 17.1. The summed E-state index contributed by atoms with van der Waals surface area (Å²) in [6, 6.07) is 6.84. The van der Waals surface area contributed by atoms with Gasteiger partial charge < -0.3 is 14.2 Å². The van der Waals surface area contributed by atoms with Crippen molar-refractivity contribution in [3.05, 3.63) is 54.0 Å². The number of amides is 2. The zero-order chi connectivity index (χ0) is 18.0. The van der Waals surface area contributed by atoms with Crippen LogP contribution in [0.2, 0.25) is 0 Å². The minimum Gasteiger partial charge on any atom is -0.467 e. The van der Waals surface area contributed by atoms with E-state index in [4.69, 9.17) is 4.42 Å². The summed E-state index contributed by atoms with van der Waals surface area (Å²) in [6.07, 6.45) is 1.63. The second-order valence-electron chi connectivity index (χ2n) is 5.94. The molecular weight excluding hydrogens is 330 g/mol. The van der Waals surface area contributed by atoms with Crippen LogP contribution in [-0.2, 0) is 16.1 Å². The fraction of sp³-hybridized carbons (Fsp3) is 0.333. The lowest BCUT2D eigenvalue weighted by Crippen LogP contribution is -2.37. The van der Waals surface area contributed by atoms with Crippen LogP contribution in [0.15, 0.2) is 41.0 Å². The smallest absolute Gasteiger partial charge is 0.232 e. The number of nitrogens with zero attached hydrogens (tertiary/aromatic N) is 2. The van der Waals surface area contributed by atoms with Crippen LogP contribution in [0.3, 0.4) is 0 Å². The van der Waals surface area contributed by atoms with Crippen LogP contribution in [0.5, 0.6) is 0 Å². The molecule has 1 atom stereocenters. The van der Waals surface area contributed by atoms with Crippen LogP contribution < -0.4 is 4.90 Å². The highest BCUT2D eigenvalue weighted by atomic mass is 19.2. The van der Waals surface area contributed by atoms with Gasteiger partial charge >= 0.3 is 0 Å². The Bertz CT molecular complexity index is 777. The summed E-state index contributed by atoms with van der Waals surface area (Å²) in [4.78, 5) is 27.9. The molecule has 1 aliphatic heterocycles. The van der Waals surface area contributed by atoms with E-state index in [2.05, 4.69) is 0 Å². The number of hydrogen-bond acceptors (Lipinski definition) is 3. The Labute approximate surface area is 143 Å². The molecule has 25 heavy (non-hydrogen) atoms. The van der Waals surface area contributed by atoms with Gasteiger partial charge in [0.1, 0.15) is 5.76 Å². The van der Waals surface area contributed by atoms with Crippen LogP contribution in [0, 0.1) is 17.6 Å². The predicted molar refractivity (Wildman–Crippen MR) is 86.6 cm³/mol. The second kappa shape index (κ2) is 7.04. The van der Waals surface area contributed by atoms with Crippen molar-refractivity contribution >= 4 is 17.5 Å². The lowest BCUT2D eigenvalue weighted by atomic mass is 10.1. The first-order chi connectivity index (χ1) is 12.0. The van der Waals surface area contributed by atoms with Crippen molar-refractivity contribution in [2.45, 2.75) is 19.9 Å². The van der Waals surface area contributed by atoms with Gasteiger partial charge in [0.25, 0.3) is 0 Å². The van der Waals surface area contributed by atoms with Crippen LogP contribution in [0.1, 0.15) is 19.1 Å². The monoisotopic (exact) mass is 348 g/mol. The molecule has 7 heteroatoms. The number of hydrogen-bond donors (Lipinski definition) is 0. The van der Waals surface area contributed by atoms with E-state index < -0.39 is 17.6 Å². The van der Waals surface area contributed by atoms with Crippen molar-refractivity contribution in [1.82, 2.24) is 4.90 Å². The van der Waals surface area contributed by atoms with Crippen LogP contribution >= 0.6 is 0 Å². The number of furan rings is 1. The number of likely N-dealkylation sites (tertiary alicyclic amines) is 1. The zero-order valence-corrected chi connectivity index (χ0v) is 13.7. The van der Waals surface area contributed by atoms with Crippen molar-refractivity contribution in [3.8, 4) is 0 Å². The number of anilines is 1. The molecule has 1 aromatic heterocycles. The number of carbonyl (C=O) groups is 2. The molecule has 0 bridgehead atoms. The fourth-order valence-electron chi connectivity index (χ4n) is 3.02. The molecule has 1 unspecified atom stereocenters. The highest BCUT2D eigenvalue weighted by molar-refractivity contribution is 5.99. The van der Waals surface area contributed by atoms with E-state index in [0.29, 0.717) is 18.8 Å². The Balaban J connectivity index is 1.72. The van der Waals surface area contributed by atoms with Gasteiger partial charge in [-0.05, 0) is 31.2 Å². The number of carbonyl (C=O) groups excluding carboxylic acids is 2. The van der Waals surface area contributed by atoms with Crippen molar-refractivity contribution < 1.29 is 22.8 Å². The molecule has 0 aliphatic carbocycles. The minimum absolute atomic E-state index is 0.0969. The molecule has 1 aromatic carbocycles. The van der Waals surface area contributed by atoms with Crippen LogP contribution in [0.25, 0.3) is 0 Å². The molecule has 1 saturated heterocycles. The summed E-state index contributed by atoms with van der Waals surface area (Å²) in [5, 5.41) is 0. The maximum absolute atomic E-state index is 13.5. The molecule has 2 aromatic rings. The third-order valence-electron chi connectivity index (χ3n) is 4.29. The van der Waals surface area contributed by atoms with Gasteiger partial charge in [0.05, 0.1) is 18.7 Å². The second-order valence-corrected chi connectivity index (χ2v) is 5.94. The first-order valence-corrected chi connectivity index (χ1v) is 8.06. The maximum atomic E-state index is 13.5. The molecule has 5 nitrogen and oxygen atoms in total. The lowest BCUT2D eigenvalue weighted by molar-refractivity contribution is -0.129. The molecule has 3 rings (SSSR count). The standard InChI is InChI=1S/C18H18F2N2O3/c1-2-22(13-5-6-15(19)16(20)9-13)18(24)12-8-17(23)21(10-12)11-14-4-3-7-25-14/h3-7,9,12H,2,8,10-11H2,1H3. The third-order valence-corrected chi connectivity index (χ3v) is 4.29. The molecule has 0 N–H and O–H groups in total. The molecule has 1 aliphatic rings. The number of rotatable bonds is 5.